The maximum absolute atomic E-state index is 12.8. The SMILES string of the molecule is O=C(O)c1nnn(-c2cccc(C(F)(F)F)n2)c1-c1ccncc1. The van der Waals surface area contributed by atoms with Gasteiger partial charge >= 0.3 is 12.1 Å². The quantitative estimate of drug-likeness (QED) is 0.790. The number of alkyl halides is 3. The number of aromatic nitrogens is 5. The second-order valence-electron chi connectivity index (χ2n) is 4.62. The van der Waals surface area contributed by atoms with Crippen LogP contribution >= 0.6 is 0 Å². The Kier molecular flexibility index (Phi) is 3.72. The summed E-state index contributed by atoms with van der Waals surface area (Å²) >= 11 is 0. The highest BCUT2D eigenvalue weighted by Gasteiger charge is 2.33. The number of carboxylic acids is 1. The summed E-state index contributed by atoms with van der Waals surface area (Å²) in [5.74, 6) is -1.56. The molecular formula is C14H8F3N5O2. The third kappa shape index (κ3) is 2.81. The van der Waals surface area contributed by atoms with Crippen molar-refractivity contribution in [2.45, 2.75) is 6.18 Å². The molecule has 0 bridgehead atoms. The fraction of sp³-hybridized carbons (Fsp3) is 0.0714. The van der Waals surface area contributed by atoms with E-state index in [2.05, 4.69) is 20.3 Å². The van der Waals surface area contributed by atoms with Crippen molar-refractivity contribution in [3.05, 3.63) is 54.1 Å². The molecule has 0 aliphatic heterocycles. The lowest BCUT2D eigenvalue weighted by Gasteiger charge is -2.09. The Morgan fingerprint density at radius 3 is 2.46 bits per heavy atom. The Morgan fingerprint density at radius 1 is 1.12 bits per heavy atom. The van der Waals surface area contributed by atoms with E-state index >= 15 is 0 Å². The van der Waals surface area contributed by atoms with Crippen molar-refractivity contribution in [3.8, 4) is 17.1 Å². The fourth-order valence-corrected chi connectivity index (χ4v) is 2.05. The second-order valence-corrected chi connectivity index (χ2v) is 4.62. The zero-order valence-corrected chi connectivity index (χ0v) is 11.8. The van der Waals surface area contributed by atoms with Crippen LogP contribution in [0, 0.1) is 0 Å². The molecule has 0 spiro atoms. The Morgan fingerprint density at radius 2 is 1.83 bits per heavy atom. The molecule has 122 valence electrons. The highest BCUT2D eigenvalue weighted by atomic mass is 19.4. The first-order chi connectivity index (χ1) is 11.4. The summed E-state index contributed by atoms with van der Waals surface area (Å²) in [6.45, 7) is 0. The normalized spacial score (nSPS) is 11.5. The van der Waals surface area contributed by atoms with Gasteiger partial charge < -0.3 is 5.11 Å². The lowest BCUT2D eigenvalue weighted by Crippen LogP contribution is -2.11. The molecule has 0 fully saturated rings. The first-order valence-electron chi connectivity index (χ1n) is 6.52. The Labute approximate surface area is 132 Å². The highest BCUT2D eigenvalue weighted by Crippen LogP contribution is 2.29. The molecule has 3 aromatic rings. The summed E-state index contributed by atoms with van der Waals surface area (Å²) in [5.41, 5.74) is -1.13. The van der Waals surface area contributed by atoms with Gasteiger partial charge in [0.15, 0.2) is 11.5 Å². The molecule has 0 amide bonds. The number of carboxylic acid groups (broad SMARTS) is 1. The summed E-state index contributed by atoms with van der Waals surface area (Å²) in [6.07, 6.45) is -1.81. The molecule has 10 heteroatoms. The fourth-order valence-electron chi connectivity index (χ4n) is 2.05. The minimum Gasteiger partial charge on any atom is -0.476 e. The van der Waals surface area contributed by atoms with Gasteiger partial charge in [0.1, 0.15) is 11.4 Å². The van der Waals surface area contributed by atoms with Gasteiger partial charge in [0, 0.05) is 18.0 Å². The van der Waals surface area contributed by atoms with Gasteiger partial charge in [0.05, 0.1) is 0 Å². The second kappa shape index (κ2) is 5.72. The van der Waals surface area contributed by atoms with Crippen LogP contribution in [0.25, 0.3) is 17.1 Å². The molecule has 3 rings (SSSR count). The van der Waals surface area contributed by atoms with Gasteiger partial charge in [0.25, 0.3) is 0 Å². The maximum Gasteiger partial charge on any atom is 0.433 e. The topological polar surface area (TPSA) is 93.8 Å². The average molecular weight is 335 g/mol. The summed E-state index contributed by atoms with van der Waals surface area (Å²) in [6, 6.07) is 6.24. The van der Waals surface area contributed by atoms with Crippen LogP contribution in [0.3, 0.4) is 0 Å². The van der Waals surface area contributed by atoms with Crippen LogP contribution in [-0.2, 0) is 6.18 Å². The molecule has 24 heavy (non-hydrogen) atoms. The van der Waals surface area contributed by atoms with Crippen molar-refractivity contribution in [1.82, 2.24) is 25.0 Å². The zero-order valence-electron chi connectivity index (χ0n) is 11.8. The lowest BCUT2D eigenvalue weighted by molar-refractivity contribution is -0.141. The largest absolute Gasteiger partial charge is 0.476 e. The predicted molar refractivity (Wildman–Crippen MR) is 74.3 cm³/mol. The van der Waals surface area contributed by atoms with Gasteiger partial charge in [-0.05, 0) is 24.3 Å². The van der Waals surface area contributed by atoms with E-state index in [1.807, 2.05) is 0 Å². The van der Waals surface area contributed by atoms with Crippen LogP contribution < -0.4 is 0 Å². The Bertz CT molecular complexity index is 893. The molecule has 7 nitrogen and oxygen atoms in total. The zero-order chi connectivity index (χ0) is 17.3. The van der Waals surface area contributed by atoms with Crippen LogP contribution in [0.4, 0.5) is 13.2 Å². The summed E-state index contributed by atoms with van der Waals surface area (Å²) < 4.78 is 39.4. The molecule has 3 aromatic heterocycles. The van der Waals surface area contributed by atoms with Crippen molar-refractivity contribution in [2.24, 2.45) is 0 Å². The summed E-state index contributed by atoms with van der Waals surface area (Å²) in [7, 11) is 0. The van der Waals surface area contributed by atoms with Crippen LogP contribution in [0.5, 0.6) is 0 Å². The average Bonchev–Trinajstić information content (AvgIpc) is 3.00. The molecule has 0 aliphatic rings. The standard InChI is InChI=1S/C14H8F3N5O2/c15-14(16,17)9-2-1-3-10(19-9)22-12(8-4-6-18-7-5-8)11(13(23)24)20-21-22/h1-7H,(H,23,24). The molecule has 1 N–H and O–H groups in total. The van der Waals surface area contributed by atoms with Gasteiger partial charge in [-0.3, -0.25) is 4.98 Å². The minimum atomic E-state index is -4.64. The maximum atomic E-state index is 12.8. The molecule has 3 heterocycles. The predicted octanol–water partition coefficient (Wildman–Crippen LogP) is 2.44. The van der Waals surface area contributed by atoms with Gasteiger partial charge in [0.2, 0.25) is 0 Å². The lowest BCUT2D eigenvalue weighted by atomic mass is 10.1. The number of hydrogen-bond acceptors (Lipinski definition) is 5. The van der Waals surface area contributed by atoms with Crippen LogP contribution in [0.1, 0.15) is 16.2 Å². The summed E-state index contributed by atoms with van der Waals surface area (Å²) in [4.78, 5) is 18.7. The Balaban J connectivity index is 2.22. The molecule has 0 saturated carbocycles. The van der Waals surface area contributed by atoms with Crippen LogP contribution in [0.15, 0.2) is 42.7 Å². The molecule has 0 aromatic carbocycles. The molecule has 0 atom stereocenters. The first-order valence-corrected chi connectivity index (χ1v) is 6.52. The van der Waals surface area contributed by atoms with Gasteiger partial charge in [-0.25, -0.2) is 9.78 Å². The van der Waals surface area contributed by atoms with Crippen molar-refractivity contribution >= 4 is 5.97 Å². The van der Waals surface area contributed by atoms with E-state index in [4.69, 9.17) is 0 Å². The van der Waals surface area contributed by atoms with E-state index in [9.17, 15) is 23.1 Å². The summed E-state index contributed by atoms with van der Waals surface area (Å²) in [5, 5.41) is 16.4. The number of aromatic carboxylic acids is 1. The van der Waals surface area contributed by atoms with Crippen molar-refractivity contribution in [3.63, 3.8) is 0 Å². The van der Waals surface area contributed by atoms with Gasteiger partial charge in [-0.15, -0.1) is 5.10 Å². The van der Waals surface area contributed by atoms with Gasteiger partial charge in [-0.1, -0.05) is 11.3 Å². The number of carbonyl (C=O) groups is 1. The molecule has 0 aliphatic carbocycles. The van der Waals surface area contributed by atoms with E-state index in [1.165, 1.54) is 30.6 Å². The smallest absolute Gasteiger partial charge is 0.433 e. The van der Waals surface area contributed by atoms with E-state index in [0.29, 0.717) is 5.56 Å². The van der Waals surface area contributed by atoms with E-state index in [0.717, 1.165) is 16.8 Å². The number of pyridine rings is 2. The van der Waals surface area contributed by atoms with Gasteiger partial charge in [-0.2, -0.15) is 17.9 Å². The number of rotatable bonds is 3. The van der Waals surface area contributed by atoms with E-state index < -0.39 is 23.5 Å². The third-order valence-electron chi connectivity index (χ3n) is 3.07. The third-order valence-corrected chi connectivity index (χ3v) is 3.07. The van der Waals surface area contributed by atoms with Crippen LogP contribution in [0.2, 0.25) is 0 Å². The number of nitrogens with zero attached hydrogens (tertiary/aromatic N) is 5. The Hall–Kier alpha value is -3.30. The van der Waals surface area contributed by atoms with Crippen molar-refractivity contribution in [2.75, 3.05) is 0 Å². The van der Waals surface area contributed by atoms with Crippen LogP contribution in [-0.4, -0.2) is 36.0 Å². The number of hydrogen-bond donors (Lipinski definition) is 1. The minimum absolute atomic E-state index is 0.0109. The monoisotopic (exact) mass is 335 g/mol. The molecule has 0 saturated heterocycles. The molecular weight excluding hydrogens is 327 g/mol. The molecule has 0 unspecified atom stereocenters. The first kappa shape index (κ1) is 15.6. The van der Waals surface area contributed by atoms with Crippen molar-refractivity contribution < 1.29 is 23.1 Å². The number of halogens is 3. The van der Waals surface area contributed by atoms with Crippen molar-refractivity contribution in [1.29, 1.82) is 0 Å². The molecule has 0 radical (unpaired) electrons. The van der Waals surface area contributed by atoms with E-state index in [-0.39, 0.29) is 11.5 Å². The highest BCUT2D eigenvalue weighted by molar-refractivity contribution is 5.92. The van der Waals surface area contributed by atoms with E-state index in [1.54, 1.807) is 0 Å².